The fraction of sp³-hybridized carbons (Fsp3) is 0.520. The number of benzene rings is 1. The van der Waals surface area contributed by atoms with Gasteiger partial charge in [0, 0.05) is 37.3 Å². The second kappa shape index (κ2) is 10.3. The molecular weight excluding hydrogens is 416 g/mol. The molecule has 0 saturated carbocycles. The third-order valence-electron chi connectivity index (χ3n) is 6.27. The Hall–Kier alpha value is -3.00. The number of carbonyl (C=O) groups is 1. The van der Waals surface area contributed by atoms with Gasteiger partial charge in [-0.25, -0.2) is 4.68 Å². The molecule has 1 aliphatic heterocycles. The Bertz CT molecular complexity index is 1090. The van der Waals surface area contributed by atoms with Gasteiger partial charge in [-0.3, -0.25) is 4.79 Å². The molecule has 1 aromatic carbocycles. The summed E-state index contributed by atoms with van der Waals surface area (Å²) in [4.78, 5) is 15.3. The molecule has 1 fully saturated rings. The van der Waals surface area contributed by atoms with Gasteiger partial charge >= 0.3 is 0 Å². The molecule has 1 saturated heterocycles. The van der Waals surface area contributed by atoms with Crippen LogP contribution >= 0.6 is 0 Å². The summed E-state index contributed by atoms with van der Waals surface area (Å²) in [5, 5.41) is 15.8. The van der Waals surface area contributed by atoms with E-state index in [-0.39, 0.29) is 11.8 Å². The summed E-state index contributed by atoms with van der Waals surface area (Å²) in [5.41, 5.74) is 3.09. The van der Waals surface area contributed by atoms with Gasteiger partial charge in [-0.1, -0.05) is 26.3 Å². The monoisotopic (exact) mass is 450 g/mol. The minimum Gasteiger partial charge on any atom is -0.420 e. The Morgan fingerprint density at radius 1 is 1.24 bits per heavy atom. The first-order valence-corrected chi connectivity index (χ1v) is 12.0. The van der Waals surface area contributed by atoms with E-state index >= 15 is 0 Å². The number of aryl methyl sites for hydroxylation is 1. The number of amides is 1. The van der Waals surface area contributed by atoms with E-state index in [1.54, 1.807) is 6.92 Å². The molecule has 0 radical (unpaired) electrons. The molecule has 1 atom stereocenters. The van der Waals surface area contributed by atoms with Gasteiger partial charge in [-0.15, -0.1) is 10.2 Å². The van der Waals surface area contributed by atoms with Crippen molar-refractivity contribution in [3.05, 3.63) is 47.5 Å². The van der Waals surface area contributed by atoms with Gasteiger partial charge in [0.15, 0.2) is 0 Å². The van der Waals surface area contributed by atoms with Gasteiger partial charge < -0.3 is 14.6 Å². The molecular formula is C25H34N6O2. The SMILES string of the molecule is Cc1nnc(-c2cc(C(C)C)n(-c3cccc(C(=O)NCCCN4CCCCC4C)c3)n2)o1. The number of nitrogens with zero attached hydrogens (tertiary/aromatic N) is 5. The number of piperidine rings is 1. The van der Waals surface area contributed by atoms with Crippen LogP contribution in [0.5, 0.6) is 0 Å². The number of hydrogen-bond acceptors (Lipinski definition) is 6. The highest BCUT2D eigenvalue weighted by Gasteiger charge is 2.19. The normalized spacial score (nSPS) is 16.9. The van der Waals surface area contributed by atoms with E-state index < -0.39 is 0 Å². The van der Waals surface area contributed by atoms with Crippen LogP contribution in [0.25, 0.3) is 17.3 Å². The third kappa shape index (κ3) is 5.50. The molecule has 176 valence electrons. The maximum Gasteiger partial charge on any atom is 0.268 e. The van der Waals surface area contributed by atoms with Crippen molar-refractivity contribution in [1.82, 2.24) is 30.2 Å². The van der Waals surface area contributed by atoms with Crippen LogP contribution in [0.2, 0.25) is 0 Å². The van der Waals surface area contributed by atoms with Crippen molar-refractivity contribution in [2.45, 2.75) is 65.3 Å². The summed E-state index contributed by atoms with van der Waals surface area (Å²) in [6.07, 6.45) is 4.84. The molecule has 0 spiro atoms. The molecule has 3 heterocycles. The van der Waals surface area contributed by atoms with E-state index in [2.05, 4.69) is 41.2 Å². The van der Waals surface area contributed by atoms with Gasteiger partial charge in [-0.05, 0) is 62.9 Å². The van der Waals surface area contributed by atoms with Crippen LogP contribution in [0.3, 0.4) is 0 Å². The predicted molar refractivity (Wildman–Crippen MR) is 128 cm³/mol. The molecule has 8 nitrogen and oxygen atoms in total. The van der Waals surface area contributed by atoms with Gasteiger partial charge in [0.2, 0.25) is 5.89 Å². The maximum absolute atomic E-state index is 12.8. The lowest BCUT2D eigenvalue weighted by molar-refractivity contribution is 0.0949. The molecule has 33 heavy (non-hydrogen) atoms. The minimum atomic E-state index is -0.0606. The van der Waals surface area contributed by atoms with Crippen molar-refractivity contribution >= 4 is 5.91 Å². The van der Waals surface area contributed by atoms with E-state index in [4.69, 9.17) is 9.52 Å². The first-order valence-electron chi connectivity index (χ1n) is 12.0. The van der Waals surface area contributed by atoms with Gasteiger partial charge in [0.05, 0.1) is 5.69 Å². The lowest BCUT2D eigenvalue weighted by Crippen LogP contribution is -2.39. The Morgan fingerprint density at radius 3 is 2.82 bits per heavy atom. The molecule has 1 aliphatic rings. The van der Waals surface area contributed by atoms with Crippen molar-refractivity contribution in [3.8, 4) is 17.3 Å². The molecule has 0 bridgehead atoms. The molecule has 0 aliphatic carbocycles. The van der Waals surface area contributed by atoms with Crippen molar-refractivity contribution in [3.63, 3.8) is 0 Å². The molecule has 1 unspecified atom stereocenters. The number of likely N-dealkylation sites (tertiary alicyclic amines) is 1. The van der Waals surface area contributed by atoms with Crippen LogP contribution in [0.15, 0.2) is 34.7 Å². The highest BCUT2D eigenvalue weighted by Crippen LogP contribution is 2.26. The summed E-state index contributed by atoms with van der Waals surface area (Å²) in [6, 6.07) is 10.2. The fourth-order valence-electron chi connectivity index (χ4n) is 4.37. The van der Waals surface area contributed by atoms with Crippen molar-refractivity contribution in [1.29, 1.82) is 0 Å². The van der Waals surface area contributed by atoms with Crippen LogP contribution in [-0.4, -0.2) is 56.5 Å². The maximum atomic E-state index is 12.8. The molecule has 3 aromatic rings. The van der Waals surface area contributed by atoms with Crippen LogP contribution in [0.1, 0.15) is 74.3 Å². The van der Waals surface area contributed by atoms with Crippen LogP contribution in [0, 0.1) is 6.92 Å². The predicted octanol–water partition coefficient (Wildman–Crippen LogP) is 4.35. The summed E-state index contributed by atoms with van der Waals surface area (Å²) >= 11 is 0. The van der Waals surface area contributed by atoms with E-state index in [1.165, 1.54) is 25.8 Å². The van der Waals surface area contributed by atoms with Crippen LogP contribution in [0.4, 0.5) is 0 Å². The van der Waals surface area contributed by atoms with Crippen LogP contribution in [-0.2, 0) is 0 Å². The zero-order chi connectivity index (χ0) is 23.4. The number of rotatable bonds is 8. The topological polar surface area (TPSA) is 89.1 Å². The highest BCUT2D eigenvalue weighted by molar-refractivity contribution is 5.94. The smallest absolute Gasteiger partial charge is 0.268 e. The standard InChI is InChI=1S/C25H34N6O2/c1-17(2)23-16-22(25-28-27-19(4)33-25)29-31(23)21-11-7-10-20(15-21)24(32)26-12-8-14-30-13-6-5-9-18(30)3/h7,10-11,15-18H,5-6,8-9,12-14H2,1-4H3,(H,26,32). The van der Waals surface area contributed by atoms with Gasteiger partial charge in [0.1, 0.15) is 5.69 Å². The van der Waals surface area contributed by atoms with Crippen molar-refractivity contribution < 1.29 is 9.21 Å². The Balaban J connectivity index is 1.44. The van der Waals surface area contributed by atoms with Crippen molar-refractivity contribution in [2.24, 2.45) is 0 Å². The highest BCUT2D eigenvalue weighted by atomic mass is 16.4. The quantitative estimate of drug-likeness (QED) is 0.513. The first kappa shape index (κ1) is 23.2. The second-order valence-electron chi connectivity index (χ2n) is 9.19. The van der Waals surface area contributed by atoms with Crippen molar-refractivity contribution in [2.75, 3.05) is 19.6 Å². The summed E-state index contributed by atoms with van der Waals surface area (Å²) in [6.45, 7) is 11.1. The lowest BCUT2D eigenvalue weighted by Gasteiger charge is -2.33. The fourth-order valence-corrected chi connectivity index (χ4v) is 4.37. The molecule has 2 aromatic heterocycles. The average Bonchev–Trinajstić information content (AvgIpc) is 3.44. The largest absolute Gasteiger partial charge is 0.420 e. The molecule has 4 rings (SSSR count). The van der Waals surface area contributed by atoms with E-state index in [0.29, 0.717) is 35.6 Å². The van der Waals surface area contributed by atoms with Gasteiger partial charge in [0.25, 0.3) is 11.8 Å². The number of hydrogen-bond donors (Lipinski definition) is 1. The first-order chi connectivity index (χ1) is 15.9. The van der Waals surface area contributed by atoms with E-state index in [1.807, 2.05) is 35.0 Å². The summed E-state index contributed by atoms with van der Waals surface area (Å²) in [5.74, 6) is 1.06. The Labute approximate surface area is 195 Å². The summed E-state index contributed by atoms with van der Waals surface area (Å²) < 4.78 is 7.41. The summed E-state index contributed by atoms with van der Waals surface area (Å²) in [7, 11) is 0. The Morgan fingerprint density at radius 2 is 2.09 bits per heavy atom. The number of nitrogens with one attached hydrogen (secondary N) is 1. The second-order valence-corrected chi connectivity index (χ2v) is 9.19. The van der Waals surface area contributed by atoms with E-state index in [9.17, 15) is 4.79 Å². The molecule has 8 heteroatoms. The lowest BCUT2D eigenvalue weighted by atomic mass is 10.0. The third-order valence-corrected chi connectivity index (χ3v) is 6.27. The molecule has 1 amide bonds. The average molecular weight is 451 g/mol. The Kier molecular flexibility index (Phi) is 7.23. The minimum absolute atomic E-state index is 0.0606. The zero-order valence-electron chi connectivity index (χ0n) is 20.0. The number of aromatic nitrogens is 4. The van der Waals surface area contributed by atoms with Crippen LogP contribution < -0.4 is 5.32 Å². The van der Waals surface area contributed by atoms with E-state index in [0.717, 1.165) is 24.3 Å². The number of carbonyl (C=O) groups excluding carboxylic acids is 1. The molecule has 1 N–H and O–H groups in total. The van der Waals surface area contributed by atoms with Gasteiger partial charge in [-0.2, -0.15) is 5.10 Å². The zero-order valence-corrected chi connectivity index (χ0v) is 20.0.